The van der Waals surface area contributed by atoms with Crippen LogP contribution < -0.4 is 0 Å². The van der Waals surface area contributed by atoms with Gasteiger partial charge in [-0.25, -0.2) is 0 Å². The third-order valence-corrected chi connectivity index (χ3v) is 2.53. The van der Waals surface area contributed by atoms with Crippen LogP contribution in [0, 0.1) is 10.1 Å². The Kier molecular flexibility index (Phi) is 2.60. The molecule has 0 saturated carbocycles. The number of benzene rings is 1. The van der Waals surface area contributed by atoms with Crippen LogP contribution in [0.2, 0.25) is 5.02 Å². The number of halogens is 1. The molecular formula is C10H9ClN2O2. The Balaban J connectivity index is 2.32. The first-order valence-corrected chi connectivity index (χ1v) is 4.92. The summed E-state index contributed by atoms with van der Waals surface area (Å²) < 4.78 is 0. The number of aromatic amines is 1. The smallest absolute Gasteiger partial charge is 0.207 e. The predicted molar refractivity (Wildman–Crippen MR) is 58.9 cm³/mol. The lowest BCUT2D eigenvalue weighted by Crippen LogP contribution is -2.03. The maximum Gasteiger partial charge on any atom is 0.207 e. The summed E-state index contributed by atoms with van der Waals surface area (Å²) in [6.07, 6.45) is 2.24. The lowest BCUT2D eigenvalue weighted by molar-refractivity contribution is -0.479. The fraction of sp³-hybridized carbons (Fsp3) is 0.200. The van der Waals surface area contributed by atoms with Gasteiger partial charge in [-0.3, -0.25) is 10.1 Å². The van der Waals surface area contributed by atoms with Crippen molar-refractivity contribution in [2.75, 3.05) is 6.54 Å². The SMILES string of the molecule is O=[N+]([O-])CCc1c[nH]c2cc(Cl)ccc12. The zero-order valence-electron chi connectivity index (χ0n) is 7.87. The second kappa shape index (κ2) is 3.90. The molecule has 0 bridgehead atoms. The van der Waals surface area contributed by atoms with Crippen LogP contribution in [-0.4, -0.2) is 16.5 Å². The molecule has 0 aliphatic heterocycles. The van der Waals surface area contributed by atoms with Gasteiger partial charge in [0.2, 0.25) is 6.54 Å². The van der Waals surface area contributed by atoms with E-state index in [-0.39, 0.29) is 11.5 Å². The Hall–Kier alpha value is -1.55. The van der Waals surface area contributed by atoms with Crippen LogP contribution in [0.4, 0.5) is 0 Å². The molecule has 1 N–H and O–H groups in total. The molecule has 15 heavy (non-hydrogen) atoms. The third-order valence-electron chi connectivity index (χ3n) is 2.29. The highest BCUT2D eigenvalue weighted by Crippen LogP contribution is 2.22. The number of H-pyrrole nitrogens is 1. The molecule has 2 aromatic rings. The van der Waals surface area contributed by atoms with Gasteiger partial charge in [-0.15, -0.1) is 0 Å². The summed E-state index contributed by atoms with van der Waals surface area (Å²) in [6, 6.07) is 5.48. The fourth-order valence-electron chi connectivity index (χ4n) is 1.58. The minimum Gasteiger partial charge on any atom is -0.361 e. The molecule has 1 heterocycles. The van der Waals surface area contributed by atoms with Crippen LogP contribution in [0.1, 0.15) is 5.56 Å². The summed E-state index contributed by atoms with van der Waals surface area (Å²) in [4.78, 5) is 13.0. The standard InChI is InChI=1S/C10H9ClN2O2/c11-8-1-2-9-7(3-4-13(14)15)6-12-10(9)5-8/h1-2,5-6,12H,3-4H2. The minimum atomic E-state index is -0.311. The normalized spacial score (nSPS) is 10.7. The van der Waals surface area contributed by atoms with Crippen LogP contribution in [0.25, 0.3) is 10.9 Å². The van der Waals surface area contributed by atoms with E-state index >= 15 is 0 Å². The van der Waals surface area contributed by atoms with Crippen molar-refractivity contribution in [3.63, 3.8) is 0 Å². The topological polar surface area (TPSA) is 58.9 Å². The zero-order chi connectivity index (χ0) is 10.8. The van der Waals surface area contributed by atoms with Crippen molar-refractivity contribution in [2.24, 2.45) is 0 Å². The number of nitro groups is 1. The molecule has 5 heteroatoms. The van der Waals surface area contributed by atoms with Crippen LogP contribution in [0.3, 0.4) is 0 Å². The maximum atomic E-state index is 10.3. The number of fused-ring (bicyclic) bond motifs is 1. The van der Waals surface area contributed by atoms with E-state index in [2.05, 4.69) is 4.98 Å². The molecule has 0 atom stereocenters. The second-order valence-corrected chi connectivity index (χ2v) is 3.75. The Bertz CT molecular complexity index is 507. The summed E-state index contributed by atoms with van der Waals surface area (Å²) in [7, 11) is 0. The van der Waals surface area contributed by atoms with E-state index in [9.17, 15) is 10.1 Å². The highest BCUT2D eigenvalue weighted by molar-refractivity contribution is 6.31. The summed E-state index contributed by atoms with van der Waals surface area (Å²) in [6.45, 7) is -0.0461. The van der Waals surface area contributed by atoms with E-state index in [1.165, 1.54) is 0 Å². The lowest BCUT2D eigenvalue weighted by atomic mass is 10.1. The van der Waals surface area contributed by atoms with Crippen LogP contribution in [-0.2, 0) is 6.42 Å². The Morgan fingerprint density at radius 2 is 2.27 bits per heavy atom. The number of aromatic nitrogens is 1. The van der Waals surface area contributed by atoms with E-state index in [0.717, 1.165) is 16.5 Å². The van der Waals surface area contributed by atoms with Gasteiger partial charge in [0.25, 0.3) is 0 Å². The Morgan fingerprint density at radius 3 is 3.00 bits per heavy atom. The number of nitrogens with zero attached hydrogens (tertiary/aromatic N) is 1. The zero-order valence-corrected chi connectivity index (χ0v) is 8.62. The third kappa shape index (κ3) is 2.10. The van der Waals surface area contributed by atoms with Crippen molar-refractivity contribution < 1.29 is 4.92 Å². The van der Waals surface area contributed by atoms with E-state index in [0.29, 0.717) is 11.4 Å². The molecule has 4 nitrogen and oxygen atoms in total. The van der Waals surface area contributed by atoms with Crippen molar-refractivity contribution in [3.8, 4) is 0 Å². The van der Waals surface area contributed by atoms with E-state index in [1.54, 1.807) is 12.3 Å². The van der Waals surface area contributed by atoms with Gasteiger partial charge in [0.05, 0.1) is 0 Å². The summed E-state index contributed by atoms with van der Waals surface area (Å²) in [5.41, 5.74) is 1.87. The molecule has 0 unspecified atom stereocenters. The average molecular weight is 225 g/mol. The molecule has 0 fully saturated rings. The molecule has 0 saturated heterocycles. The van der Waals surface area contributed by atoms with Gasteiger partial charge in [0.1, 0.15) is 0 Å². The van der Waals surface area contributed by atoms with E-state index in [4.69, 9.17) is 11.6 Å². The molecule has 0 aliphatic rings. The minimum absolute atomic E-state index is 0.0461. The van der Waals surface area contributed by atoms with Crippen LogP contribution in [0.5, 0.6) is 0 Å². The molecule has 78 valence electrons. The van der Waals surface area contributed by atoms with Crippen molar-refractivity contribution >= 4 is 22.5 Å². The average Bonchev–Trinajstić information content (AvgIpc) is 2.57. The summed E-state index contributed by atoms with van der Waals surface area (Å²) in [5.74, 6) is 0. The van der Waals surface area contributed by atoms with Gasteiger partial charge in [-0.2, -0.15) is 0 Å². The number of hydrogen-bond acceptors (Lipinski definition) is 2. The monoisotopic (exact) mass is 224 g/mol. The van der Waals surface area contributed by atoms with Gasteiger partial charge in [-0.1, -0.05) is 17.7 Å². The number of nitrogens with one attached hydrogen (secondary N) is 1. The van der Waals surface area contributed by atoms with Gasteiger partial charge in [0.15, 0.2) is 0 Å². The Labute approximate surface area is 91.0 Å². The number of hydrogen-bond donors (Lipinski definition) is 1. The molecule has 1 aromatic heterocycles. The largest absolute Gasteiger partial charge is 0.361 e. The van der Waals surface area contributed by atoms with E-state index < -0.39 is 0 Å². The molecular weight excluding hydrogens is 216 g/mol. The van der Waals surface area contributed by atoms with Gasteiger partial charge >= 0.3 is 0 Å². The summed E-state index contributed by atoms with van der Waals surface area (Å²) in [5, 5.41) is 11.9. The molecule has 0 radical (unpaired) electrons. The summed E-state index contributed by atoms with van der Waals surface area (Å²) >= 11 is 5.83. The van der Waals surface area contributed by atoms with Crippen molar-refractivity contribution in [2.45, 2.75) is 6.42 Å². The highest BCUT2D eigenvalue weighted by Gasteiger charge is 2.06. The quantitative estimate of drug-likeness (QED) is 0.644. The first kappa shape index (κ1) is 9.98. The van der Waals surface area contributed by atoms with Crippen molar-refractivity contribution in [1.29, 1.82) is 0 Å². The van der Waals surface area contributed by atoms with Gasteiger partial charge in [0, 0.05) is 33.5 Å². The van der Waals surface area contributed by atoms with Gasteiger partial charge < -0.3 is 4.98 Å². The first-order chi connectivity index (χ1) is 7.16. The lowest BCUT2D eigenvalue weighted by Gasteiger charge is -1.95. The van der Waals surface area contributed by atoms with Crippen molar-refractivity contribution in [1.82, 2.24) is 4.98 Å². The molecule has 0 spiro atoms. The molecule has 2 rings (SSSR count). The predicted octanol–water partition coefficient (Wildman–Crippen LogP) is 2.64. The van der Waals surface area contributed by atoms with Crippen LogP contribution in [0.15, 0.2) is 24.4 Å². The van der Waals surface area contributed by atoms with Crippen LogP contribution >= 0.6 is 11.6 Å². The second-order valence-electron chi connectivity index (χ2n) is 3.31. The Morgan fingerprint density at radius 1 is 1.47 bits per heavy atom. The van der Waals surface area contributed by atoms with Crippen molar-refractivity contribution in [3.05, 3.63) is 45.1 Å². The molecule has 1 aromatic carbocycles. The maximum absolute atomic E-state index is 10.3. The van der Waals surface area contributed by atoms with E-state index in [1.807, 2.05) is 12.1 Å². The molecule has 0 aliphatic carbocycles. The molecule has 0 amide bonds. The van der Waals surface area contributed by atoms with Gasteiger partial charge in [-0.05, 0) is 17.7 Å². The highest BCUT2D eigenvalue weighted by atomic mass is 35.5. The fourth-order valence-corrected chi connectivity index (χ4v) is 1.75. The number of rotatable bonds is 3. The first-order valence-electron chi connectivity index (χ1n) is 4.54.